The van der Waals surface area contributed by atoms with Gasteiger partial charge in [-0.15, -0.1) is 0 Å². The third-order valence-corrected chi connectivity index (χ3v) is 3.56. The van der Waals surface area contributed by atoms with Crippen molar-refractivity contribution in [3.8, 4) is 0 Å². The molecule has 2 N–H and O–H groups in total. The SMILES string of the molecule is Cc1cc(NC(=O)c2ncccc2C(=O)O)ccc1Br. The molecule has 0 bridgehead atoms. The highest BCUT2D eigenvalue weighted by molar-refractivity contribution is 9.10. The Kier molecular flexibility index (Phi) is 4.14. The lowest BCUT2D eigenvalue weighted by Crippen LogP contribution is -2.18. The molecule has 1 aromatic heterocycles. The first-order valence-electron chi connectivity index (χ1n) is 5.75. The number of aromatic carboxylic acids is 1. The van der Waals surface area contributed by atoms with E-state index in [4.69, 9.17) is 5.11 Å². The second-order valence-corrected chi connectivity index (χ2v) is 4.98. The fraction of sp³-hybridized carbons (Fsp3) is 0.0714. The van der Waals surface area contributed by atoms with Crippen molar-refractivity contribution in [1.29, 1.82) is 0 Å². The molecule has 20 heavy (non-hydrogen) atoms. The molecule has 0 aliphatic heterocycles. The summed E-state index contributed by atoms with van der Waals surface area (Å²) in [7, 11) is 0. The van der Waals surface area contributed by atoms with Crippen molar-refractivity contribution in [2.24, 2.45) is 0 Å². The van der Waals surface area contributed by atoms with Crippen LogP contribution in [-0.2, 0) is 0 Å². The molecule has 2 aromatic rings. The highest BCUT2D eigenvalue weighted by Crippen LogP contribution is 2.20. The van der Waals surface area contributed by atoms with Gasteiger partial charge in [-0.25, -0.2) is 4.79 Å². The van der Waals surface area contributed by atoms with Gasteiger partial charge in [0.25, 0.3) is 5.91 Å². The van der Waals surface area contributed by atoms with E-state index in [9.17, 15) is 9.59 Å². The minimum absolute atomic E-state index is 0.111. The fourth-order valence-corrected chi connectivity index (χ4v) is 1.92. The van der Waals surface area contributed by atoms with E-state index in [1.807, 2.05) is 13.0 Å². The first-order chi connectivity index (χ1) is 9.49. The summed E-state index contributed by atoms with van der Waals surface area (Å²) in [5.74, 6) is -1.74. The fourth-order valence-electron chi connectivity index (χ4n) is 1.67. The van der Waals surface area contributed by atoms with Crippen molar-refractivity contribution in [1.82, 2.24) is 4.98 Å². The maximum Gasteiger partial charge on any atom is 0.338 e. The Morgan fingerprint density at radius 3 is 2.70 bits per heavy atom. The number of hydrogen-bond acceptors (Lipinski definition) is 3. The summed E-state index contributed by atoms with van der Waals surface area (Å²) in [5.41, 5.74) is 1.30. The van der Waals surface area contributed by atoms with Gasteiger partial charge >= 0.3 is 5.97 Å². The molecule has 6 heteroatoms. The van der Waals surface area contributed by atoms with Crippen LogP contribution in [0.3, 0.4) is 0 Å². The quantitative estimate of drug-likeness (QED) is 0.903. The van der Waals surface area contributed by atoms with Crippen molar-refractivity contribution in [2.45, 2.75) is 6.92 Å². The summed E-state index contributed by atoms with van der Waals surface area (Å²) in [6, 6.07) is 8.13. The molecule has 1 heterocycles. The van der Waals surface area contributed by atoms with Crippen molar-refractivity contribution >= 4 is 33.5 Å². The van der Waals surface area contributed by atoms with Gasteiger partial charge < -0.3 is 10.4 Å². The van der Waals surface area contributed by atoms with E-state index >= 15 is 0 Å². The molecule has 0 fully saturated rings. The highest BCUT2D eigenvalue weighted by atomic mass is 79.9. The second-order valence-electron chi connectivity index (χ2n) is 4.12. The number of aromatic nitrogens is 1. The number of rotatable bonds is 3. The smallest absolute Gasteiger partial charge is 0.338 e. The van der Waals surface area contributed by atoms with Gasteiger partial charge in [-0.2, -0.15) is 0 Å². The van der Waals surface area contributed by atoms with Gasteiger partial charge in [0, 0.05) is 16.4 Å². The molecule has 0 saturated carbocycles. The van der Waals surface area contributed by atoms with Gasteiger partial charge in [0.2, 0.25) is 0 Å². The number of aryl methyl sites for hydroxylation is 1. The molecule has 0 aliphatic rings. The molecule has 1 amide bonds. The Morgan fingerprint density at radius 2 is 2.05 bits per heavy atom. The summed E-state index contributed by atoms with van der Waals surface area (Å²) in [4.78, 5) is 27.0. The van der Waals surface area contributed by atoms with Gasteiger partial charge in [0.1, 0.15) is 5.69 Å². The molecule has 0 saturated heterocycles. The average molecular weight is 335 g/mol. The van der Waals surface area contributed by atoms with Crippen LogP contribution < -0.4 is 5.32 Å². The average Bonchev–Trinajstić information content (AvgIpc) is 2.43. The minimum atomic E-state index is -1.18. The van der Waals surface area contributed by atoms with Crippen LogP contribution in [0, 0.1) is 6.92 Å². The Morgan fingerprint density at radius 1 is 1.30 bits per heavy atom. The summed E-state index contributed by atoms with van der Waals surface area (Å²) < 4.78 is 0.930. The topological polar surface area (TPSA) is 79.3 Å². The number of anilines is 1. The van der Waals surface area contributed by atoms with Gasteiger partial charge in [0.15, 0.2) is 0 Å². The number of carbonyl (C=O) groups excluding carboxylic acids is 1. The van der Waals surface area contributed by atoms with Gasteiger partial charge in [-0.3, -0.25) is 9.78 Å². The summed E-state index contributed by atoms with van der Waals surface area (Å²) in [5, 5.41) is 11.7. The monoisotopic (exact) mass is 334 g/mol. The molecule has 1 aromatic carbocycles. The van der Waals surface area contributed by atoms with Crippen LogP contribution in [0.15, 0.2) is 41.0 Å². The van der Waals surface area contributed by atoms with Crippen molar-refractivity contribution in [3.63, 3.8) is 0 Å². The van der Waals surface area contributed by atoms with Crippen molar-refractivity contribution in [3.05, 3.63) is 57.8 Å². The number of carbonyl (C=O) groups is 2. The summed E-state index contributed by atoms with van der Waals surface area (Å²) >= 11 is 3.37. The van der Waals surface area contributed by atoms with E-state index in [-0.39, 0.29) is 11.3 Å². The summed E-state index contributed by atoms with van der Waals surface area (Å²) in [6.45, 7) is 1.89. The zero-order chi connectivity index (χ0) is 14.7. The number of carboxylic acids is 1. The third kappa shape index (κ3) is 3.03. The van der Waals surface area contributed by atoms with E-state index in [0.29, 0.717) is 5.69 Å². The zero-order valence-corrected chi connectivity index (χ0v) is 12.1. The van der Waals surface area contributed by atoms with Crippen molar-refractivity contribution in [2.75, 3.05) is 5.32 Å². The van der Waals surface area contributed by atoms with E-state index < -0.39 is 11.9 Å². The molecule has 102 valence electrons. The predicted molar refractivity (Wildman–Crippen MR) is 78.0 cm³/mol. The van der Waals surface area contributed by atoms with Crippen LogP contribution in [0.2, 0.25) is 0 Å². The number of pyridine rings is 1. The first kappa shape index (κ1) is 14.2. The van der Waals surface area contributed by atoms with Crippen LogP contribution in [0.25, 0.3) is 0 Å². The van der Waals surface area contributed by atoms with Crippen LogP contribution in [0.1, 0.15) is 26.4 Å². The lowest BCUT2D eigenvalue weighted by molar-refractivity contribution is 0.0691. The highest BCUT2D eigenvalue weighted by Gasteiger charge is 2.17. The van der Waals surface area contributed by atoms with Crippen LogP contribution in [-0.4, -0.2) is 22.0 Å². The molecule has 0 aliphatic carbocycles. The number of amides is 1. The Bertz CT molecular complexity index is 686. The maximum absolute atomic E-state index is 12.1. The molecule has 0 atom stereocenters. The van der Waals surface area contributed by atoms with E-state index in [1.54, 1.807) is 12.1 Å². The number of benzene rings is 1. The third-order valence-electron chi connectivity index (χ3n) is 2.67. The molecule has 2 rings (SSSR count). The molecular formula is C14H11BrN2O3. The Hall–Kier alpha value is -2.21. The predicted octanol–water partition coefficient (Wildman–Crippen LogP) is 3.10. The van der Waals surface area contributed by atoms with Gasteiger partial charge in [0.05, 0.1) is 5.56 Å². The molecule has 0 unspecified atom stereocenters. The number of hydrogen-bond donors (Lipinski definition) is 2. The standard InChI is InChI=1S/C14H11BrN2O3/c1-8-7-9(4-5-11(8)15)17-13(18)12-10(14(19)20)3-2-6-16-12/h2-7H,1H3,(H,17,18)(H,19,20). The molecule has 0 spiro atoms. The first-order valence-corrected chi connectivity index (χ1v) is 6.54. The van der Waals surface area contributed by atoms with Crippen LogP contribution in [0.5, 0.6) is 0 Å². The van der Waals surface area contributed by atoms with Gasteiger partial charge in [-0.1, -0.05) is 15.9 Å². The molecule has 5 nitrogen and oxygen atoms in total. The molecular weight excluding hydrogens is 324 g/mol. The number of nitrogens with zero attached hydrogens (tertiary/aromatic N) is 1. The van der Waals surface area contributed by atoms with Crippen LogP contribution >= 0.6 is 15.9 Å². The lowest BCUT2D eigenvalue weighted by Gasteiger charge is -2.08. The van der Waals surface area contributed by atoms with E-state index in [0.717, 1.165) is 10.0 Å². The number of nitrogens with one attached hydrogen (secondary N) is 1. The zero-order valence-electron chi connectivity index (χ0n) is 10.6. The second kappa shape index (κ2) is 5.83. The largest absolute Gasteiger partial charge is 0.478 e. The van der Waals surface area contributed by atoms with Gasteiger partial charge in [-0.05, 0) is 42.8 Å². The Balaban J connectivity index is 2.28. The molecule has 0 radical (unpaired) electrons. The summed E-state index contributed by atoms with van der Waals surface area (Å²) in [6.07, 6.45) is 1.38. The normalized spacial score (nSPS) is 10.1. The van der Waals surface area contributed by atoms with E-state index in [2.05, 4.69) is 26.2 Å². The lowest BCUT2D eigenvalue weighted by atomic mass is 10.1. The minimum Gasteiger partial charge on any atom is -0.478 e. The Labute approximate surface area is 123 Å². The van der Waals surface area contributed by atoms with Crippen LogP contribution in [0.4, 0.5) is 5.69 Å². The van der Waals surface area contributed by atoms with Crippen molar-refractivity contribution < 1.29 is 14.7 Å². The van der Waals surface area contributed by atoms with E-state index in [1.165, 1.54) is 18.3 Å². The number of halogens is 1. The number of carboxylic acid groups (broad SMARTS) is 1. The maximum atomic E-state index is 12.1.